The molecule has 0 aromatic rings. The van der Waals surface area contributed by atoms with Gasteiger partial charge in [0.2, 0.25) is 0 Å². The Morgan fingerprint density at radius 2 is 2.55 bits per heavy atom. The van der Waals surface area contributed by atoms with E-state index in [9.17, 15) is 0 Å². The van der Waals surface area contributed by atoms with Gasteiger partial charge in [0, 0.05) is 12.3 Å². The molecule has 0 unspecified atom stereocenters. The zero-order valence-electron chi connectivity index (χ0n) is 6.92. The van der Waals surface area contributed by atoms with Crippen LogP contribution in [0.3, 0.4) is 0 Å². The highest BCUT2D eigenvalue weighted by molar-refractivity contribution is 5.14. The lowest BCUT2D eigenvalue weighted by molar-refractivity contribution is 0.141. The quantitative estimate of drug-likeness (QED) is 0.522. The Hall–Kier alpha value is -0.720. The van der Waals surface area contributed by atoms with Crippen LogP contribution in [0.1, 0.15) is 26.2 Å². The van der Waals surface area contributed by atoms with E-state index in [-0.39, 0.29) is 0 Å². The third-order valence-corrected chi connectivity index (χ3v) is 2.45. The lowest BCUT2D eigenvalue weighted by atomic mass is 9.93. The maximum atomic E-state index is 5.69. The molecule has 1 nitrogen and oxygen atoms in total. The Morgan fingerprint density at radius 3 is 3.27 bits per heavy atom. The smallest absolute Gasteiger partial charge is 0.123 e. The molecule has 1 heteroatoms. The van der Waals surface area contributed by atoms with Crippen molar-refractivity contribution < 1.29 is 4.74 Å². The molecule has 11 heavy (non-hydrogen) atoms. The van der Waals surface area contributed by atoms with E-state index < -0.39 is 0 Å². The lowest BCUT2D eigenvalue weighted by Crippen LogP contribution is -2.16. The summed E-state index contributed by atoms with van der Waals surface area (Å²) in [5, 5.41) is 0. The molecule has 1 aliphatic carbocycles. The molecule has 0 aromatic heterocycles. The van der Waals surface area contributed by atoms with E-state index in [1.807, 2.05) is 0 Å². The van der Waals surface area contributed by atoms with Crippen LogP contribution in [0.5, 0.6) is 0 Å². The maximum Gasteiger partial charge on any atom is 0.123 e. The topological polar surface area (TPSA) is 9.23 Å². The molecule has 60 valence electrons. The number of allylic oxidation sites excluding steroid dienone is 2. The second kappa shape index (κ2) is 2.72. The van der Waals surface area contributed by atoms with Crippen molar-refractivity contribution in [2.75, 3.05) is 0 Å². The number of fused-ring (bicyclic) bond motifs is 1. The van der Waals surface area contributed by atoms with Gasteiger partial charge in [0.15, 0.2) is 0 Å². The SMILES string of the molecule is CCC1=C[C@@H]2CCC=C[C@@H]2O1. The summed E-state index contributed by atoms with van der Waals surface area (Å²) in [5.74, 6) is 1.86. The van der Waals surface area contributed by atoms with E-state index in [0.717, 1.165) is 6.42 Å². The molecule has 0 spiro atoms. The van der Waals surface area contributed by atoms with Crippen LogP contribution in [0.15, 0.2) is 24.0 Å². The molecule has 0 aromatic carbocycles. The summed E-state index contributed by atoms with van der Waals surface area (Å²) in [4.78, 5) is 0. The number of ether oxygens (including phenoxy) is 1. The highest BCUT2D eigenvalue weighted by atomic mass is 16.5. The highest BCUT2D eigenvalue weighted by Crippen LogP contribution is 2.32. The molecule has 0 radical (unpaired) electrons. The van der Waals surface area contributed by atoms with Gasteiger partial charge in [-0.1, -0.05) is 13.0 Å². The summed E-state index contributed by atoms with van der Waals surface area (Å²) in [7, 11) is 0. The Kier molecular flexibility index (Phi) is 1.72. The first kappa shape index (κ1) is 6.96. The van der Waals surface area contributed by atoms with Crippen molar-refractivity contribution in [2.45, 2.75) is 32.3 Å². The van der Waals surface area contributed by atoms with E-state index in [1.54, 1.807) is 0 Å². The molecule has 0 amide bonds. The molecule has 2 rings (SSSR count). The monoisotopic (exact) mass is 150 g/mol. The van der Waals surface area contributed by atoms with Gasteiger partial charge in [0.05, 0.1) is 5.76 Å². The van der Waals surface area contributed by atoms with Gasteiger partial charge in [0.25, 0.3) is 0 Å². The second-order valence-corrected chi connectivity index (χ2v) is 3.24. The molecular weight excluding hydrogens is 136 g/mol. The van der Waals surface area contributed by atoms with E-state index >= 15 is 0 Å². The van der Waals surface area contributed by atoms with Crippen molar-refractivity contribution >= 4 is 0 Å². The van der Waals surface area contributed by atoms with Crippen LogP contribution < -0.4 is 0 Å². The average Bonchev–Trinajstić information content (AvgIpc) is 2.46. The van der Waals surface area contributed by atoms with Crippen LogP contribution in [0.25, 0.3) is 0 Å². The molecule has 1 aliphatic heterocycles. The normalized spacial score (nSPS) is 34.5. The van der Waals surface area contributed by atoms with Crippen molar-refractivity contribution in [2.24, 2.45) is 5.92 Å². The molecule has 0 fully saturated rings. The molecule has 2 atom stereocenters. The second-order valence-electron chi connectivity index (χ2n) is 3.24. The summed E-state index contributed by atoms with van der Waals surface area (Å²) in [6, 6.07) is 0. The minimum Gasteiger partial charge on any atom is -0.490 e. The summed E-state index contributed by atoms with van der Waals surface area (Å²) < 4.78 is 5.69. The van der Waals surface area contributed by atoms with Gasteiger partial charge in [-0.25, -0.2) is 0 Å². The number of rotatable bonds is 1. The van der Waals surface area contributed by atoms with Crippen LogP contribution >= 0.6 is 0 Å². The first-order valence-corrected chi connectivity index (χ1v) is 4.44. The molecule has 0 saturated carbocycles. The Bertz CT molecular complexity index is 203. The van der Waals surface area contributed by atoms with Gasteiger partial charge in [0.1, 0.15) is 6.10 Å². The molecule has 0 bridgehead atoms. The third kappa shape index (κ3) is 1.20. The Labute approximate surface area is 67.7 Å². The lowest BCUT2D eigenvalue weighted by Gasteiger charge is -2.18. The third-order valence-electron chi connectivity index (χ3n) is 2.45. The standard InChI is InChI=1S/C10H14O/c1-2-9-7-8-5-3-4-6-10(8)11-9/h4,6-8,10H,2-3,5H2,1H3/t8-,10-/m0/s1. The largest absolute Gasteiger partial charge is 0.490 e. The van der Waals surface area contributed by atoms with Gasteiger partial charge in [-0.3, -0.25) is 0 Å². The van der Waals surface area contributed by atoms with Gasteiger partial charge in [-0.05, 0) is 25.0 Å². The van der Waals surface area contributed by atoms with Crippen LogP contribution in [0.4, 0.5) is 0 Å². The van der Waals surface area contributed by atoms with Crippen LogP contribution in [-0.2, 0) is 4.74 Å². The number of hydrogen-bond acceptors (Lipinski definition) is 1. The average molecular weight is 150 g/mol. The van der Waals surface area contributed by atoms with Crippen molar-refractivity contribution in [1.82, 2.24) is 0 Å². The van der Waals surface area contributed by atoms with Crippen molar-refractivity contribution in [3.8, 4) is 0 Å². The van der Waals surface area contributed by atoms with Crippen molar-refractivity contribution in [3.63, 3.8) is 0 Å². The first-order chi connectivity index (χ1) is 5.40. The fraction of sp³-hybridized carbons (Fsp3) is 0.600. The minimum absolute atomic E-state index is 0.374. The Balaban J connectivity index is 2.10. The van der Waals surface area contributed by atoms with Gasteiger partial charge >= 0.3 is 0 Å². The van der Waals surface area contributed by atoms with Crippen LogP contribution in [-0.4, -0.2) is 6.10 Å². The zero-order chi connectivity index (χ0) is 7.68. The summed E-state index contributed by atoms with van der Waals surface area (Å²) >= 11 is 0. The fourth-order valence-corrected chi connectivity index (χ4v) is 1.78. The Morgan fingerprint density at radius 1 is 1.64 bits per heavy atom. The summed E-state index contributed by atoms with van der Waals surface area (Å²) in [5.41, 5.74) is 0. The molecule has 1 heterocycles. The molecule has 2 aliphatic rings. The van der Waals surface area contributed by atoms with Gasteiger partial charge < -0.3 is 4.74 Å². The van der Waals surface area contributed by atoms with Gasteiger partial charge in [-0.2, -0.15) is 0 Å². The summed E-state index contributed by atoms with van der Waals surface area (Å²) in [6.07, 6.45) is 10.6. The van der Waals surface area contributed by atoms with Crippen molar-refractivity contribution in [1.29, 1.82) is 0 Å². The minimum atomic E-state index is 0.374. The molecular formula is C10H14O. The predicted octanol–water partition coefficient (Wildman–Crippen LogP) is 2.65. The van der Waals surface area contributed by atoms with Crippen LogP contribution in [0.2, 0.25) is 0 Å². The van der Waals surface area contributed by atoms with E-state index in [4.69, 9.17) is 4.74 Å². The summed E-state index contributed by atoms with van der Waals surface area (Å²) in [6.45, 7) is 2.15. The van der Waals surface area contributed by atoms with E-state index in [0.29, 0.717) is 12.0 Å². The van der Waals surface area contributed by atoms with Gasteiger partial charge in [-0.15, -0.1) is 0 Å². The molecule has 0 saturated heterocycles. The van der Waals surface area contributed by atoms with E-state index in [1.165, 1.54) is 18.6 Å². The maximum absolute atomic E-state index is 5.69. The zero-order valence-corrected chi connectivity index (χ0v) is 6.92. The van der Waals surface area contributed by atoms with Crippen molar-refractivity contribution in [3.05, 3.63) is 24.0 Å². The fourth-order valence-electron chi connectivity index (χ4n) is 1.78. The predicted molar refractivity (Wildman–Crippen MR) is 45.1 cm³/mol. The van der Waals surface area contributed by atoms with E-state index in [2.05, 4.69) is 25.2 Å². The first-order valence-electron chi connectivity index (χ1n) is 4.44. The highest BCUT2D eigenvalue weighted by Gasteiger charge is 2.27. The number of hydrogen-bond donors (Lipinski definition) is 0. The molecule has 0 N–H and O–H groups in total. The van der Waals surface area contributed by atoms with Crippen LogP contribution in [0, 0.1) is 5.92 Å².